The van der Waals surface area contributed by atoms with Gasteiger partial charge in [-0.3, -0.25) is 5.41 Å². The third-order valence-corrected chi connectivity index (χ3v) is 3.97. The van der Waals surface area contributed by atoms with Crippen molar-refractivity contribution < 1.29 is 5.11 Å². The van der Waals surface area contributed by atoms with Gasteiger partial charge >= 0.3 is 0 Å². The van der Waals surface area contributed by atoms with Gasteiger partial charge in [0.1, 0.15) is 17.2 Å². The van der Waals surface area contributed by atoms with E-state index in [4.69, 9.17) is 11.1 Å². The van der Waals surface area contributed by atoms with Gasteiger partial charge in [-0.1, -0.05) is 18.2 Å². The molecule has 3 rings (SSSR count). The molecular weight excluding hydrogens is 328 g/mol. The highest BCUT2D eigenvalue weighted by atomic mass is 16.3. The van der Waals surface area contributed by atoms with Crippen LogP contribution in [0.5, 0.6) is 5.75 Å². The van der Waals surface area contributed by atoms with E-state index in [-0.39, 0.29) is 11.6 Å². The molecule has 0 aliphatic carbocycles. The maximum atomic E-state index is 9.79. The maximum Gasteiger partial charge on any atom is 0.174 e. The van der Waals surface area contributed by atoms with Crippen LogP contribution >= 0.6 is 0 Å². The largest absolute Gasteiger partial charge is 0.508 e. The van der Waals surface area contributed by atoms with E-state index >= 15 is 0 Å². The van der Waals surface area contributed by atoms with Gasteiger partial charge in [0.05, 0.1) is 17.1 Å². The van der Waals surface area contributed by atoms with Gasteiger partial charge in [-0.25, -0.2) is 10.0 Å². The Morgan fingerprint density at radius 3 is 2.58 bits per heavy atom. The van der Waals surface area contributed by atoms with Gasteiger partial charge in [0.25, 0.3) is 0 Å². The van der Waals surface area contributed by atoms with Crippen LogP contribution in [0.25, 0.3) is 0 Å². The van der Waals surface area contributed by atoms with Gasteiger partial charge in [0, 0.05) is 12.6 Å². The summed E-state index contributed by atoms with van der Waals surface area (Å²) >= 11 is 0. The lowest BCUT2D eigenvalue weighted by Crippen LogP contribution is -2.31. The highest BCUT2D eigenvalue weighted by molar-refractivity contribution is 6.73. The number of aromatic hydroxyl groups is 1. The fourth-order valence-electron chi connectivity index (χ4n) is 2.65. The van der Waals surface area contributed by atoms with Crippen LogP contribution in [0.15, 0.2) is 52.6 Å². The summed E-state index contributed by atoms with van der Waals surface area (Å²) in [5.41, 5.74) is 9.51. The number of hydrogen-bond donors (Lipinski definition) is 3. The molecule has 26 heavy (non-hydrogen) atoms. The third kappa shape index (κ3) is 3.43. The van der Waals surface area contributed by atoms with Gasteiger partial charge in [-0.2, -0.15) is 5.10 Å². The van der Waals surface area contributed by atoms with E-state index in [0.717, 1.165) is 5.69 Å². The number of nitrogens with one attached hydrogen (secondary N) is 1. The van der Waals surface area contributed by atoms with Crippen LogP contribution in [0, 0.1) is 12.3 Å². The molecule has 0 bridgehead atoms. The quantitative estimate of drug-likeness (QED) is 0.738. The summed E-state index contributed by atoms with van der Waals surface area (Å²) < 4.78 is 0. The summed E-state index contributed by atoms with van der Waals surface area (Å²) in [6.45, 7) is 2.32. The molecule has 134 valence electrons. The summed E-state index contributed by atoms with van der Waals surface area (Å²) in [5, 5.41) is 24.5. The number of aryl methyl sites for hydroxylation is 1. The summed E-state index contributed by atoms with van der Waals surface area (Å²) in [7, 11) is 3.88. The second-order valence-electron chi connectivity index (χ2n) is 6.44. The Bertz CT molecular complexity index is 902. The van der Waals surface area contributed by atoms with Crippen LogP contribution in [-0.4, -0.2) is 47.9 Å². The fourth-order valence-corrected chi connectivity index (χ4v) is 2.65. The molecule has 2 aromatic rings. The molecule has 0 atom stereocenters. The fraction of sp³-hybridized carbons (Fsp3) is 0.211. The molecule has 0 aromatic heterocycles. The van der Waals surface area contributed by atoms with Crippen molar-refractivity contribution in [2.45, 2.75) is 6.92 Å². The molecule has 7 heteroatoms. The Balaban J connectivity index is 2.06. The number of hydrogen-bond acceptors (Lipinski definition) is 6. The van der Waals surface area contributed by atoms with Crippen molar-refractivity contribution in [1.82, 2.24) is 4.90 Å². The van der Waals surface area contributed by atoms with Crippen LogP contribution in [0.2, 0.25) is 0 Å². The van der Waals surface area contributed by atoms with Crippen LogP contribution in [-0.2, 0) is 0 Å². The van der Waals surface area contributed by atoms with Crippen molar-refractivity contribution in [1.29, 1.82) is 5.41 Å². The molecule has 2 aromatic carbocycles. The minimum atomic E-state index is 0.126. The van der Waals surface area contributed by atoms with Gasteiger partial charge in [-0.05, 0) is 44.8 Å². The first-order valence-corrected chi connectivity index (χ1v) is 8.21. The second-order valence-corrected chi connectivity index (χ2v) is 6.44. The number of aliphatic imine (C=N–C) groups is 1. The Hall–Kier alpha value is -3.19. The number of rotatable bonds is 4. The summed E-state index contributed by atoms with van der Waals surface area (Å²) in [6.07, 6.45) is 0. The minimum absolute atomic E-state index is 0.126. The number of phenolic OH excluding ortho intramolecular Hbond substituents is 1. The molecule has 7 nitrogen and oxygen atoms in total. The molecule has 0 radical (unpaired) electrons. The normalized spacial score (nSPS) is 15.8. The first-order chi connectivity index (χ1) is 12.4. The van der Waals surface area contributed by atoms with Crippen molar-refractivity contribution in [2.75, 3.05) is 31.4 Å². The predicted octanol–water partition coefficient (Wildman–Crippen LogP) is 2.77. The second kappa shape index (κ2) is 6.97. The van der Waals surface area contributed by atoms with Crippen LogP contribution < -0.4 is 10.7 Å². The van der Waals surface area contributed by atoms with E-state index in [1.54, 1.807) is 18.0 Å². The summed E-state index contributed by atoms with van der Waals surface area (Å²) in [4.78, 5) is 6.58. The zero-order valence-electron chi connectivity index (χ0n) is 15.1. The van der Waals surface area contributed by atoms with Crippen molar-refractivity contribution in [3.8, 4) is 5.75 Å². The minimum Gasteiger partial charge on any atom is -0.508 e. The monoisotopic (exact) mass is 350 g/mol. The van der Waals surface area contributed by atoms with E-state index < -0.39 is 0 Å². The molecule has 0 saturated carbocycles. The van der Waals surface area contributed by atoms with Gasteiger partial charge < -0.3 is 15.7 Å². The van der Waals surface area contributed by atoms with Gasteiger partial charge in [0.15, 0.2) is 5.84 Å². The van der Waals surface area contributed by atoms with Gasteiger partial charge in [0.2, 0.25) is 0 Å². The van der Waals surface area contributed by atoms with Crippen molar-refractivity contribution in [3.05, 3.63) is 48.0 Å². The number of nitrogens with zero attached hydrogens (tertiary/aromatic N) is 4. The summed E-state index contributed by atoms with van der Waals surface area (Å²) in [5.74, 6) is 0.319. The lowest BCUT2D eigenvalue weighted by molar-refractivity contribution is 0.471. The average molecular weight is 350 g/mol. The first-order valence-electron chi connectivity index (χ1n) is 8.21. The Labute approximate surface area is 152 Å². The summed E-state index contributed by atoms with van der Waals surface area (Å²) in [6, 6.07) is 12.7. The van der Waals surface area contributed by atoms with E-state index in [1.165, 1.54) is 6.07 Å². The molecule has 1 aliphatic heterocycles. The number of para-hydroxylation sites is 1. The zero-order chi connectivity index (χ0) is 18.8. The Morgan fingerprint density at radius 2 is 1.92 bits per heavy atom. The molecule has 0 fully saturated rings. The number of phenols is 1. The Morgan fingerprint density at radius 1 is 1.23 bits per heavy atom. The molecule has 4 N–H and O–H groups in total. The van der Waals surface area contributed by atoms with E-state index in [1.807, 2.05) is 49.3 Å². The van der Waals surface area contributed by atoms with E-state index in [9.17, 15) is 5.11 Å². The highest BCUT2D eigenvalue weighted by Gasteiger charge is 2.30. The molecule has 0 amide bonds. The smallest absolute Gasteiger partial charge is 0.174 e. The number of amidine groups is 1. The number of hydrazone groups is 1. The standard InChI is InChI=1S/C19H22N6O/c1-12-9-15(14(20)10-17(12)26)22-18-16(11-24(2)3)23-25(19(18)21)13-7-5-4-6-8-13/h4-10,21,26H,11,20H2,1-3H3. The predicted molar refractivity (Wildman–Crippen MR) is 107 cm³/mol. The number of nitrogens with two attached hydrogens (primary N) is 1. The first kappa shape index (κ1) is 17.6. The lowest BCUT2D eigenvalue weighted by Gasteiger charge is -2.13. The van der Waals surface area contributed by atoms with Crippen LogP contribution in [0.3, 0.4) is 0 Å². The molecule has 0 unspecified atom stereocenters. The Kier molecular flexibility index (Phi) is 4.73. The van der Waals surface area contributed by atoms with Crippen molar-refractivity contribution in [3.63, 3.8) is 0 Å². The third-order valence-electron chi connectivity index (χ3n) is 3.97. The van der Waals surface area contributed by atoms with E-state index in [0.29, 0.717) is 34.9 Å². The lowest BCUT2D eigenvalue weighted by atomic mass is 10.1. The SMILES string of the molecule is Cc1cc(N=C2C(=N)N(c3ccccc3)N=C2CN(C)C)c(N)cc1O. The van der Waals surface area contributed by atoms with Gasteiger partial charge in [-0.15, -0.1) is 0 Å². The molecule has 0 spiro atoms. The number of benzene rings is 2. The van der Waals surface area contributed by atoms with Crippen molar-refractivity contribution >= 4 is 34.3 Å². The number of nitrogen functional groups attached to an aromatic ring is 1. The van der Waals surface area contributed by atoms with Crippen LogP contribution in [0.1, 0.15) is 5.56 Å². The number of anilines is 2. The highest BCUT2D eigenvalue weighted by Crippen LogP contribution is 2.31. The maximum absolute atomic E-state index is 9.79. The zero-order valence-corrected chi connectivity index (χ0v) is 15.1. The molecular formula is C19H22N6O. The average Bonchev–Trinajstić information content (AvgIpc) is 2.89. The topological polar surface area (TPSA) is 101 Å². The molecule has 0 saturated heterocycles. The molecule has 1 heterocycles. The molecule has 1 aliphatic rings. The van der Waals surface area contributed by atoms with Crippen molar-refractivity contribution in [2.24, 2.45) is 10.1 Å². The van der Waals surface area contributed by atoms with E-state index in [2.05, 4.69) is 10.1 Å². The van der Waals surface area contributed by atoms with Crippen LogP contribution in [0.4, 0.5) is 17.1 Å².